The second-order valence-electron chi connectivity index (χ2n) is 4.01. The Morgan fingerprint density at radius 2 is 2.31 bits per heavy atom. The number of hydrogen-bond donors (Lipinski definition) is 2. The van der Waals surface area contributed by atoms with Crippen molar-refractivity contribution in [3.05, 3.63) is 21.8 Å². The van der Waals surface area contributed by atoms with Gasteiger partial charge in [-0.1, -0.05) is 11.6 Å². The van der Waals surface area contributed by atoms with Gasteiger partial charge in [-0.05, 0) is 54.3 Å². The number of halogens is 2. The summed E-state index contributed by atoms with van der Waals surface area (Å²) in [5.74, 6) is 0.885. The summed E-state index contributed by atoms with van der Waals surface area (Å²) in [6, 6.07) is 2.37. The molecule has 0 radical (unpaired) electrons. The van der Waals surface area contributed by atoms with Crippen molar-refractivity contribution in [2.45, 2.75) is 25.3 Å². The lowest BCUT2D eigenvalue weighted by atomic mass is 10.1. The second-order valence-corrected chi connectivity index (χ2v) is 5.30. The molecule has 1 aromatic rings. The maximum atomic E-state index is 5.86. The molecule has 1 fully saturated rings. The zero-order valence-corrected chi connectivity index (χ0v) is 11.3. The van der Waals surface area contributed by atoms with Gasteiger partial charge in [0, 0.05) is 12.2 Å². The van der Waals surface area contributed by atoms with Crippen LogP contribution >= 0.6 is 27.5 Å². The van der Waals surface area contributed by atoms with Crippen LogP contribution in [0.1, 0.15) is 19.3 Å². The van der Waals surface area contributed by atoms with Gasteiger partial charge in [-0.15, -0.1) is 0 Å². The van der Waals surface area contributed by atoms with Crippen molar-refractivity contribution in [3.63, 3.8) is 0 Å². The summed E-state index contributed by atoms with van der Waals surface area (Å²) >= 11 is 9.32. The summed E-state index contributed by atoms with van der Waals surface area (Å²) in [6.45, 7) is 2.19. The molecule has 0 amide bonds. The molecule has 0 bridgehead atoms. The monoisotopic (exact) mass is 303 g/mol. The number of aromatic nitrogens is 1. The fourth-order valence-electron chi connectivity index (χ4n) is 1.88. The molecule has 2 heterocycles. The zero-order valence-electron chi connectivity index (χ0n) is 8.97. The summed E-state index contributed by atoms with van der Waals surface area (Å²) in [6.07, 6.45) is 5.20. The highest BCUT2D eigenvalue weighted by molar-refractivity contribution is 9.10. The lowest BCUT2D eigenvalue weighted by Crippen LogP contribution is -2.22. The van der Waals surface area contributed by atoms with E-state index in [1.165, 1.54) is 12.8 Å². The average molecular weight is 305 g/mol. The predicted octanol–water partition coefficient (Wildman–Crippen LogP) is 3.05. The van der Waals surface area contributed by atoms with Crippen molar-refractivity contribution in [1.29, 1.82) is 0 Å². The largest absolute Gasteiger partial charge is 0.366 e. The Balaban J connectivity index is 2.01. The smallest absolute Gasteiger partial charge is 0.140 e. The molecule has 1 saturated heterocycles. The van der Waals surface area contributed by atoms with Crippen molar-refractivity contribution in [3.8, 4) is 0 Å². The summed E-state index contributed by atoms with van der Waals surface area (Å²) < 4.78 is 0.928. The SMILES string of the molecule is Clc1cnc(NC2CCCNCC2)c(Br)c1. The normalized spacial score (nSPS) is 21.5. The fourth-order valence-corrected chi connectivity index (χ4v) is 2.63. The molecule has 2 N–H and O–H groups in total. The van der Waals surface area contributed by atoms with Crippen LogP contribution in [0.2, 0.25) is 5.02 Å². The van der Waals surface area contributed by atoms with Gasteiger partial charge in [-0.2, -0.15) is 0 Å². The first kappa shape index (κ1) is 12.1. The Hall–Kier alpha value is -0.320. The maximum absolute atomic E-state index is 5.86. The third-order valence-corrected chi connectivity index (χ3v) is 3.54. The number of anilines is 1. The van der Waals surface area contributed by atoms with E-state index in [0.29, 0.717) is 11.1 Å². The van der Waals surface area contributed by atoms with Gasteiger partial charge in [0.15, 0.2) is 0 Å². The van der Waals surface area contributed by atoms with Crippen LogP contribution in [-0.2, 0) is 0 Å². The molecule has 3 nitrogen and oxygen atoms in total. The molecule has 88 valence electrons. The number of nitrogens with zero attached hydrogens (tertiary/aromatic N) is 1. The molecule has 2 rings (SSSR count). The lowest BCUT2D eigenvalue weighted by Gasteiger charge is -2.17. The zero-order chi connectivity index (χ0) is 11.4. The summed E-state index contributed by atoms with van der Waals surface area (Å²) in [4.78, 5) is 4.29. The van der Waals surface area contributed by atoms with Gasteiger partial charge in [-0.25, -0.2) is 4.98 Å². The van der Waals surface area contributed by atoms with Gasteiger partial charge in [0.05, 0.1) is 9.50 Å². The molecular weight excluding hydrogens is 289 g/mol. The minimum atomic E-state index is 0.500. The third-order valence-electron chi connectivity index (χ3n) is 2.72. The van der Waals surface area contributed by atoms with Crippen molar-refractivity contribution in [2.75, 3.05) is 18.4 Å². The Labute approximate surface area is 109 Å². The van der Waals surface area contributed by atoms with Crippen LogP contribution in [0, 0.1) is 0 Å². The summed E-state index contributed by atoms with van der Waals surface area (Å²) in [5, 5.41) is 7.51. The van der Waals surface area contributed by atoms with Crippen LogP contribution in [0.5, 0.6) is 0 Å². The van der Waals surface area contributed by atoms with Crippen molar-refractivity contribution >= 4 is 33.3 Å². The summed E-state index contributed by atoms with van der Waals surface area (Å²) in [7, 11) is 0. The second kappa shape index (κ2) is 5.84. The van der Waals surface area contributed by atoms with E-state index in [9.17, 15) is 0 Å². The molecule has 0 aliphatic carbocycles. The van der Waals surface area contributed by atoms with E-state index in [1.807, 2.05) is 6.07 Å². The minimum absolute atomic E-state index is 0.500. The molecule has 1 aliphatic heterocycles. The van der Waals surface area contributed by atoms with Gasteiger partial charge >= 0.3 is 0 Å². The van der Waals surface area contributed by atoms with Crippen LogP contribution in [0.4, 0.5) is 5.82 Å². The standard InChI is InChI=1S/C11H15BrClN3/c12-10-6-8(13)7-15-11(10)16-9-2-1-4-14-5-3-9/h6-7,9,14H,1-5H2,(H,15,16). The molecule has 16 heavy (non-hydrogen) atoms. The highest BCUT2D eigenvalue weighted by atomic mass is 79.9. The first-order valence-electron chi connectivity index (χ1n) is 5.54. The number of rotatable bonds is 2. The molecule has 1 aliphatic rings. The first-order chi connectivity index (χ1) is 7.75. The highest BCUT2D eigenvalue weighted by Crippen LogP contribution is 2.24. The molecule has 5 heteroatoms. The Morgan fingerprint density at radius 1 is 1.44 bits per heavy atom. The average Bonchev–Trinajstić information content (AvgIpc) is 2.51. The van der Waals surface area contributed by atoms with Gasteiger partial charge in [0.25, 0.3) is 0 Å². The van der Waals surface area contributed by atoms with Crippen LogP contribution in [0.15, 0.2) is 16.7 Å². The third kappa shape index (κ3) is 3.34. The number of pyridine rings is 1. The molecule has 0 saturated carbocycles. The Bertz CT molecular complexity index is 351. The van der Waals surface area contributed by atoms with Crippen molar-refractivity contribution in [1.82, 2.24) is 10.3 Å². The molecule has 0 spiro atoms. The van der Waals surface area contributed by atoms with E-state index in [0.717, 1.165) is 29.8 Å². The van der Waals surface area contributed by atoms with Crippen molar-refractivity contribution in [2.24, 2.45) is 0 Å². The maximum Gasteiger partial charge on any atom is 0.140 e. The topological polar surface area (TPSA) is 37.0 Å². The molecule has 1 unspecified atom stereocenters. The predicted molar refractivity (Wildman–Crippen MR) is 71.1 cm³/mol. The fraction of sp³-hybridized carbons (Fsp3) is 0.545. The molecule has 0 aromatic carbocycles. The minimum Gasteiger partial charge on any atom is -0.366 e. The van der Waals surface area contributed by atoms with Crippen LogP contribution < -0.4 is 10.6 Å². The van der Waals surface area contributed by atoms with Gasteiger partial charge in [0.2, 0.25) is 0 Å². The number of nitrogens with one attached hydrogen (secondary N) is 2. The Kier molecular flexibility index (Phi) is 4.44. The van der Waals surface area contributed by atoms with Gasteiger partial charge in [0.1, 0.15) is 5.82 Å². The first-order valence-corrected chi connectivity index (χ1v) is 6.71. The van der Waals surface area contributed by atoms with E-state index in [4.69, 9.17) is 11.6 Å². The van der Waals surface area contributed by atoms with Crippen LogP contribution in [0.3, 0.4) is 0 Å². The van der Waals surface area contributed by atoms with E-state index < -0.39 is 0 Å². The molecular formula is C11H15BrClN3. The Morgan fingerprint density at radius 3 is 3.12 bits per heavy atom. The van der Waals surface area contributed by atoms with E-state index in [-0.39, 0.29) is 0 Å². The van der Waals surface area contributed by atoms with Crippen LogP contribution in [0.25, 0.3) is 0 Å². The van der Waals surface area contributed by atoms with Gasteiger partial charge < -0.3 is 10.6 Å². The quantitative estimate of drug-likeness (QED) is 0.882. The number of hydrogen-bond acceptors (Lipinski definition) is 3. The lowest BCUT2D eigenvalue weighted by molar-refractivity contribution is 0.634. The van der Waals surface area contributed by atoms with Crippen molar-refractivity contribution < 1.29 is 0 Å². The van der Waals surface area contributed by atoms with Crippen LogP contribution in [-0.4, -0.2) is 24.1 Å². The van der Waals surface area contributed by atoms with E-state index in [2.05, 4.69) is 31.5 Å². The molecule has 1 atom stereocenters. The summed E-state index contributed by atoms with van der Waals surface area (Å²) in [5.41, 5.74) is 0. The van der Waals surface area contributed by atoms with Gasteiger partial charge in [-0.3, -0.25) is 0 Å². The molecule has 1 aromatic heterocycles. The van der Waals surface area contributed by atoms with E-state index in [1.54, 1.807) is 6.20 Å². The highest BCUT2D eigenvalue weighted by Gasteiger charge is 2.13. The van der Waals surface area contributed by atoms with E-state index >= 15 is 0 Å².